The Balaban J connectivity index is 2.32. The van der Waals surface area contributed by atoms with E-state index in [0.29, 0.717) is 6.54 Å². The summed E-state index contributed by atoms with van der Waals surface area (Å²) in [5.74, 6) is -0.340. The van der Waals surface area contributed by atoms with Crippen molar-refractivity contribution in [3.05, 3.63) is 24.0 Å². The van der Waals surface area contributed by atoms with Crippen LogP contribution >= 0.6 is 0 Å². The summed E-state index contributed by atoms with van der Waals surface area (Å²) in [4.78, 5) is 17.8. The number of amides is 1. The molecule has 0 aromatic carbocycles. The number of aromatic hydroxyl groups is 1. The molecule has 0 aliphatic rings. The average Bonchev–Trinajstić information content (AvgIpc) is 2.39. The normalized spacial score (nSPS) is 10.6. The molecule has 5 nitrogen and oxygen atoms in total. The number of nitrogens with one attached hydrogen (secondary N) is 1. The highest BCUT2D eigenvalue weighted by Crippen LogP contribution is 2.13. The Labute approximate surface area is 108 Å². The summed E-state index contributed by atoms with van der Waals surface area (Å²) in [7, 11) is 0. The van der Waals surface area contributed by atoms with Crippen LogP contribution in [0.4, 0.5) is 0 Å². The van der Waals surface area contributed by atoms with Gasteiger partial charge in [0.05, 0.1) is 11.8 Å². The van der Waals surface area contributed by atoms with E-state index in [0.717, 1.165) is 26.1 Å². The zero-order chi connectivity index (χ0) is 13.4. The van der Waals surface area contributed by atoms with Crippen LogP contribution in [0.5, 0.6) is 5.75 Å². The van der Waals surface area contributed by atoms with Gasteiger partial charge in [0.1, 0.15) is 5.75 Å². The molecule has 0 bridgehead atoms. The molecule has 0 saturated heterocycles. The van der Waals surface area contributed by atoms with Gasteiger partial charge in [-0.15, -0.1) is 0 Å². The molecule has 0 spiro atoms. The zero-order valence-corrected chi connectivity index (χ0v) is 11.0. The fourth-order valence-corrected chi connectivity index (χ4v) is 1.72. The lowest BCUT2D eigenvalue weighted by molar-refractivity contribution is 0.0949. The molecule has 1 heterocycles. The van der Waals surface area contributed by atoms with Gasteiger partial charge in [-0.2, -0.15) is 0 Å². The fourth-order valence-electron chi connectivity index (χ4n) is 1.72. The first-order valence-electron chi connectivity index (χ1n) is 6.32. The highest BCUT2D eigenvalue weighted by molar-refractivity contribution is 5.96. The molecular formula is C13H21N3O2. The van der Waals surface area contributed by atoms with Gasteiger partial charge in [-0.1, -0.05) is 13.8 Å². The van der Waals surface area contributed by atoms with Crippen LogP contribution in [-0.4, -0.2) is 47.1 Å². The van der Waals surface area contributed by atoms with Crippen LogP contribution in [-0.2, 0) is 0 Å². The molecule has 18 heavy (non-hydrogen) atoms. The van der Waals surface area contributed by atoms with Gasteiger partial charge in [-0.3, -0.25) is 9.78 Å². The van der Waals surface area contributed by atoms with Crippen molar-refractivity contribution in [2.24, 2.45) is 0 Å². The first-order valence-corrected chi connectivity index (χ1v) is 6.32. The Morgan fingerprint density at radius 2 is 2.17 bits per heavy atom. The standard InChI is InChI=1S/C13H21N3O2/c1-3-16(4-2)9-5-7-15-13(18)11-6-8-14-10-12(11)17/h6,8,10,17H,3-5,7,9H2,1-2H3,(H,15,18). The Kier molecular flexibility index (Phi) is 6.14. The molecule has 1 aromatic heterocycles. The van der Waals surface area contributed by atoms with E-state index >= 15 is 0 Å². The van der Waals surface area contributed by atoms with E-state index in [2.05, 4.69) is 29.0 Å². The highest BCUT2D eigenvalue weighted by Gasteiger charge is 2.09. The molecule has 100 valence electrons. The summed E-state index contributed by atoms with van der Waals surface area (Å²) in [5, 5.41) is 12.3. The molecule has 0 unspecified atom stereocenters. The summed E-state index contributed by atoms with van der Waals surface area (Å²) in [5.41, 5.74) is 0.271. The second kappa shape index (κ2) is 7.66. The van der Waals surface area contributed by atoms with Crippen molar-refractivity contribution in [3.8, 4) is 5.75 Å². The number of aromatic nitrogens is 1. The third-order valence-corrected chi connectivity index (χ3v) is 2.88. The minimum atomic E-state index is -0.255. The van der Waals surface area contributed by atoms with Crippen molar-refractivity contribution in [3.63, 3.8) is 0 Å². The third-order valence-electron chi connectivity index (χ3n) is 2.88. The molecule has 5 heteroatoms. The van der Waals surface area contributed by atoms with Gasteiger partial charge in [0.25, 0.3) is 5.91 Å². The topological polar surface area (TPSA) is 65.5 Å². The maximum Gasteiger partial charge on any atom is 0.255 e. The lowest BCUT2D eigenvalue weighted by Gasteiger charge is -2.17. The Morgan fingerprint density at radius 1 is 1.44 bits per heavy atom. The van der Waals surface area contributed by atoms with E-state index in [1.54, 1.807) is 0 Å². The molecule has 2 N–H and O–H groups in total. The number of hydrogen-bond acceptors (Lipinski definition) is 4. The number of rotatable bonds is 7. The van der Waals surface area contributed by atoms with E-state index in [1.807, 2.05) is 0 Å². The van der Waals surface area contributed by atoms with Crippen LogP contribution in [0.25, 0.3) is 0 Å². The Hall–Kier alpha value is -1.62. The number of nitrogens with zero attached hydrogens (tertiary/aromatic N) is 2. The smallest absolute Gasteiger partial charge is 0.255 e. The summed E-state index contributed by atoms with van der Waals surface area (Å²) < 4.78 is 0. The summed E-state index contributed by atoms with van der Waals surface area (Å²) in [6.45, 7) is 7.87. The lowest BCUT2D eigenvalue weighted by Crippen LogP contribution is -2.29. The van der Waals surface area contributed by atoms with E-state index in [-0.39, 0.29) is 17.2 Å². The van der Waals surface area contributed by atoms with E-state index < -0.39 is 0 Å². The van der Waals surface area contributed by atoms with Crippen LogP contribution in [0, 0.1) is 0 Å². The summed E-state index contributed by atoms with van der Waals surface area (Å²) in [6.07, 6.45) is 3.66. The molecule has 0 aliphatic heterocycles. The first kappa shape index (κ1) is 14.4. The fraction of sp³-hybridized carbons (Fsp3) is 0.538. The largest absolute Gasteiger partial charge is 0.505 e. The maximum atomic E-state index is 11.7. The number of carbonyl (C=O) groups excluding carboxylic acids is 1. The van der Waals surface area contributed by atoms with Gasteiger partial charge in [0, 0.05) is 12.7 Å². The van der Waals surface area contributed by atoms with Gasteiger partial charge < -0.3 is 15.3 Å². The number of carbonyl (C=O) groups is 1. The predicted octanol–water partition coefficient (Wildman–Crippen LogP) is 1.25. The van der Waals surface area contributed by atoms with Crippen molar-refractivity contribution in [1.82, 2.24) is 15.2 Å². The highest BCUT2D eigenvalue weighted by atomic mass is 16.3. The number of hydrogen-bond donors (Lipinski definition) is 2. The van der Waals surface area contributed by atoms with Crippen LogP contribution in [0.3, 0.4) is 0 Å². The lowest BCUT2D eigenvalue weighted by atomic mass is 10.2. The molecule has 0 saturated carbocycles. The van der Waals surface area contributed by atoms with Crippen LogP contribution < -0.4 is 5.32 Å². The third kappa shape index (κ3) is 4.33. The predicted molar refractivity (Wildman–Crippen MR) is 70.6 cm³/mol. The second-order valence-corrected chi connectivity index (χ2v) is 4.03. The minimum absolute atomic E-state index is 0.0845. The van der Waals surface area contributed by atoms with Crippen LogP contribution in [0.2, 0.25) is 0 Å². The zero-order valence-electron chi connectivity index (χ0n) is 11.0. The van der Waals surface area contributed by atoms with Crippen LogP contribution in [0.15, 0.2) is 18.5 Å². The minimum Gasteiger partial charge on any atom is -0.505 e. The van der Waals surface area contributed by atoms with Gasteiger partial charge in [0.15, 0.2) is 0 Å². The molecular weight excluding hydrogens is 230 g/mol. The van der Waals surface area contributed by atoms with Gasteiger partial charge in [0.2, 0.25) is 0 Å². The molecule has 0 radical (unpaired) electrons. The van der Waals surface area contributed by atoms with E-state index in [9.17, 15) is 9.90 Å². The quantitative estimate of drug-likeness (QED) is 0.716. The van der Waals surface area contributed by atoms with Crippen molar-refractivity contribution >= 4 is 5.91 Å². The second-order valence-electron chi connectivity index (χ2n) is 4.03. The van der Waals surface area contributed by atoms with Crippen molar-refractivity contribution in [2.45, 2.75) is 20.3 Å². The SMILES string of the molecule is CCN(CC)CCCNC(=O)c1ccncc1O. The molecule has 1 rings (SSSR count). The molecule has 1 amide bonds. The van der Waals surface area contributed by atoms with E-state index in [4.69, 9.17) is 0 Å². The van der Waals surface area contributed by atoms with Gasteiger partial charge >= 0.3 is 0 Å². The monoisotopic (exact) mass is 251 g/mol. The average molecular weight is 251 g/mol. The van der Waals surface area contributed by atoms with Crippen LogP contribution in [0.1, 0.15) is 30.6 Å². The van der Waals surface area contributed by atoms with Crippen molar-refractivity contribution in [1.29, 1.82) is 0 Å². The molecule has 0 aliphatic carbocycles. The molecule has 0 atom stereocenters. The maximum absolute atomic E-state index is 11.7. The molecule has 0 fully saturated rings. The van der Waals surface area contributed by atoms with Gasteiger partial charge in [-0.25, -0.2) is 0 Å². The van der Waals surface area contributed by atoms with Gasteiger partial charge in [-0.05, 0) is 32.1 Å². The first-order chi connectivity index (χ1) is 8.69. The summed E-state index contributed by atoms with van der Waals surface area (Å²) in [6, 6.07) is 1.51. The van der Waals surface area contributed by atoms with E-state index in [1.165, 1.54) is 18.5 Å². The Morgan fingerprint density at radius 3 is 2.78 bits per heavy atom. The number of pyridine rings is 1. The molecule has 1 aromatic rings. The van der Waals surface area contributed by atoms with Crippen molar-refractivity contribution in [2.75, 3.05) is 26.2 Å². The Bertz CT molecular complexity index is 378. The summed E-state index contributed by atoms with van der Waals surface area (Å²) >= 11 is 0. The van der Waals surface area contributed by atoms with Crippen molar-refractivity contribution < 1.29 is 9.90 Å².